The molecule has 0 N–H and O–H groups in total. The van der Waals surface area contributed by atoms with Crippen LogP contribution in [0.2, 0.25) is 10.3 Å². The number of aromatic nitrogens is 1. The van der Waals surface area contributed by atoms with Gasteiger partial charge in [0, 0.05) is 12.3 Å². The van der Waals surface area contributed by atoms with Crippen molar-refractivity contribution in [2.75, 3.05) is 6.61 Å². The van der Waals surface area contributed by atoms with Gasteiger partial charge in [0.1, 0.15) is 10.3 Å². The number of hydrogen-bond donors (Lipinski definition) is 0. The Hall–Kier alpha value is -1.46. The van der Waals surface area contributed by atoms with Crippen molar-refractivity contribution < 1.29 is 14.3 Å². The van der Waals surface area contributed by atoms with Crippen LogP contribution in [-0.2, 0) is 9.53 Å². The van der Waals surface area contributed by atoms with E-state index in [0.717, 1.165) is 12.8 Å². The Labute approximate surface area is 132 Å². The second-order valence-corrected chi connectivity index (χ2v) is 5.34. The molecule has 0 saturated heterocycles. The Kier molecular flexibility index (Phi) is 5.31. The second-order valence-electron chi connectivity index (χ2n) is 4.60. The number of aliphatic imine (C=N–C) groups is 1. The first-order valence-electron chi connectivity index (χ1n) is 6.59. The van der Waals surface area contributed by atoms with E-state index in [-0.39, 0.29) is 28.5 Å². The molecule has 5 nitrogen and oxygen atoms in total. The number of hydrogen-bond acceptors (Lipinski definition) is 5. The highest BCUT2D eigenvalue weighted by molar-refractivity contribution is 6.36. The fourth-order valence-corrected chi connectivity index (χ4v) is 2.10. The van der Waals surface area contributed by atoms with Gasteiger partial charge in [0.2, 0.25) is 0 Å². The first kappa shape index (κ1) is 15.9. The summed E-state index contributed by atoms with van der Waals surface area (Å²) in [6, 6.07) is 3.09. The number of pyridine rings is 1. The number of carbonyl (C=O) groups is 2. The molecule has 1 unspecified atom stereocenters. The SMILES string of the molecule is CCOC(=O)C(C=NC1CC1)C(=O)c1ccc(Cl)nc1Cl. The van der Waals surface area contributed by atoms with Crippen molar-refractivity contribution in [1.29, 1.82) is 0 Å². The minimum absolute atomic E-state index is 0.0402. The van der Waals surface area contributed by atoms with Crippen LogP contribution in [0.15, 0.2) is 17.1 Å². The molecule has 0 radical (unpaired) electrons. The molecular formula is C14H14Cl2N2O3. The van der Waals surface area contributed by atoms with Crippen LogP contribution in [0, 0.1) is 5.92 Å². The third-order valence-corrected chi connectivity index (χ3v) is 3.39. The second kappa shape index (κ2) is 7.00. The van der Waals surface area contributed by atoms with Crippen LogP contribution < -0.4 is 0 Å². The Morgan fingerprint density at radius 1 is 1.48 bits per heavy atom. The Bertz CT molecular complexity index is 586. The van der Waals surface area contributed by atoms with Crippen molar-refractivity contribution in [3.05, 3.63) is 28.0 Å². The number of ether oxygens (including phenoxy) is 1. The Balaban J connectivity index is 2.25. The van der Waals surface area contributed by atoms with Gasteiger partial charge in [-0.2, -0.15) is 0 Å². The number of ketones is 1. The molecule has 21 heavy (non-hydrogen) atoms. The maximum absolute atomic E-state index is 12.5. The normalized spacial score (nSPS) is 16.0. The highest BCUT2D eigenvalue weighted by atomic mass is 35.5. The summed E-state index contributed by atoms with van der Waals surface area (Å²) < 4.78 is 4.92. The Morgan fingerprint density at radius 3 is 2.76 bits per heavy atom. The van der Waals surface area contributed by atoms with Gasteiger partial charge in [-0.15, -0.1) is 0 Å². The average Bonchev–Trinajstić information content (AvgIpc) is 3.23. The number of rotatable bonds is 6. The van der Waals surface area contributed by atoms with E-state index in [1.54, 1.807) is 6.92 Å². The van der Waals surface area contributed by atoms with Gasteiger partial charge in [-0.05, 0) is 31.9 Å². The molecule has 1 atom stereocenters. The molecule has 1 heterocycles. The maximum Gasteiger partial charge on any atom is 0.322 e. The fraction of sp³-hybridized carbons (Fsp3) is 0.429. The summed E-state index contributed by atoms with van der Waals surface area (Å²) in [5.41, 5.74) is 0.126. The minimum Gasteiger partial charge on any atom is -0.465 e. The predicted molar refractivity (Wildman–Crippen MR) is 80.2 cm³/mol. The third-order valence-electron chi connectivity index (χ3n) is 2.90. The number of halogens is 2. The molecule has 0 amide bonds. The molecule has 0 bridgehead atoms. The van der Waals surface area contributed by atoms with Crippen molar-refractivity contribution in [2.24, 2.45) is 10.9 Å². The summed E-state index contributed by atoms with van der Waals surface area (Å²) in [7, 11) is 0. The molecule has 0 spiro atoms. The largest absolute Gasteiger partial charge is 0.465 e. The molecule has 1 aromatic heterocycles. The van der Waals surface area contributed by atoms with Crippen LogP contribution >= 0.6 is 23.2 Å². The molecule has 1 aliphatic rings. The number of nitrogens with zero attached hydrogens (tertiary/aromatic N) is 2. The molecule has 112 valence electrons. The number of esters is 1. The summed E-state index contributed by atoms with van der Waals surface area (Å²) in [4.78, 5) is 32.4. The van der Waals surface area contributed by atoms with E-state index in [1.165, 1.54) is 18.3 Å². The van der Waals surface area contributed by atoms with Gasteiger partial charge in [0.05, 0.1) is 12.2 Å². The van der Waals surface area contributed by atoms with Crippen LogP contribution in [-0.4, -0.2) is 35.6 Å². The van der Waals surface area contributed by atoms with Crippen molar-refractivity contribution >= 4 is 41.2 Å². The molecule has 2 rings (SSSR count). The lowest BCUT2D eigenvalue weighted by molar-refractivity contribution is -0.143. The lowest BCUT2D eigenvalue weighted by Gasteiger charge is -2.11. The summed E-state index contributed by atoms with van der Waals surface area (Å²) in [5, 5.41) is 0.137. The van der Waals surface area contributed by atoms with E-state index in [4.69, 9.17) is 27.9 Å². The lowest BCUT2D eigenvalue weighted by Crippen LogP contribution is -2.28. The van der Waals surface area contributed by atoms with Crippen molar-refractivity contribution in [3.63, 3.8) is 0 Å². The third kappa shape index (κ3) is 4.25. The zero-order valence-corrected chi connectivity index (χ0v) is 12.9. The van der Waals surface area contributed by atoms with Gasteiger partial charge in [-0.3, -0.25) is 14.6 Å². The predicted octanol–water partition coefficient (Wildman–Crippen LogP) is 2.98. The molecular weight excluding hydrogens is 315 g/mol. The molecule has 1 saturated carbocycles. The van der Waals surface area contributed by atoms with E-state index < -0.39 is 17.7 Å². The fourth-order valence-electron chi connectivity index (χ4n) is 1.66. The molecule has 1 aliphatic carbocycles. The van der Waals surface area contributed by atoms with Crippen molar-refractivity contribution in [2.45, 2.75) is 25.8 Å². The molecule has 0 aromatic carbocycles. The zero-order valence-electron chi connectivity index (χ0n) is 11.4. The topological polar surface area (TPSA) is 68.6 Å². The van der Waals surface area contributed by atoms with Gasteiger partial charge in [-0.1, -0.05) is 23.2 Å². The standard InChI is InChI=1S/C14H14Cl2N2O3/c1-2-21-14(20)10(7-17-8-3-4-8)12(19)9-5-6-11(15)18-13(9)16/h5-8,10H,2-4H2,1H3. The van der Waals surface area contributed by atoms with E-state index in [0.29, 0.717) is 0 Å². The average molecular weight is 329 g/mol. The van der Waals surface area contributed by atoms with E-state index in [9.17, 15) is 9.59 Å². The van der Waals surface area contributed by atoms with Crippen LogP contribution in [0.4, 0.5) is 0 Å². The van der Waals surface area contributed by atoms with Crippen LogP contribution in [0.5, 0.6) is 0 Å². The maximum atomic E-state index is 12.5. The van der Waals surface area contributed by atoms with E-state index in [1.807, 2.05) is 0 Å². The minimum atomic E-state index is -1.11. The lowest BCUT2D eigenvalue weighted by atomic mass is 10.00. The molecule has 7 heteroatoms. The Morgan fingerprint density at radius 2 is 2.19 bits per heavy atom. The highest BCUT2D eigenvalue weighted by Crippen LogP contribution is 2.24. The van der Waals surface area contributed by atoms with Gasteiger partial charge in [-0.25, -0.2) is 4.98 Å². The van der Waals surface area contributed by atoms with Gasteiger partial charge >= 0.3 is 5.97 Å². The van der Waals surface area contributed by atoms with Gasteiger partial charge in [0.15, 0.2) is 11.7 Å². The van der Waals surface area contributed by atoms with Crippen LogP contribution in [0.25, 0.3) is 0 Å². The van der Waals surface area contributed by atoms with Crippen LogP contribution in [0.1, 0.15) is 30.1 Å². The van der Waals surface area contributed by atoms with Gasteiger partial charge in [0.25, 0.3) is 0 Å². The van der Waals surface area contributed by atoms with Crippen molar-refractivity contribution in [3.8, 4) is 0 Å². The van der Waals surface area contributed by atoms with Gasteiger partial charge < -0.3 is 4.74 Å². The smallest absolute Gasteiger partial charge is 0.322 e. The van der Waals surface area contributed by atoms with Crippen molar-refractivity contribution in [1.82, 2.24) is 4.98 Å². The number of carbonyl (C=O) groups excluding carboxylic acids is 2. The van der Waals surface area contributed by atoms with E-state index in [2.05, 4.69) is 9.98 Å². The molecule has 0 aliphatic heterocycles. The first-order valence-corrected chi connectivity index (χ1v) is 7.34. The van der Waals surface area contributed by atoms with E-state index >= 15 is 0 Å². The monoisotopic (exact) mass is 328 g/mol. The first-order chi connectivity index (χ1) is 10.0. The summed E-state index contributed by atoms with van der Waals surface area (Å²) >= 11 is 11.6. The summed E-state index contributed by atoms with van der Waals surface area (Å²) in [6.45, 7) is 1.86. The zero-order chi connectivity index (χ0) is 15.4. The summed E-state index contributed by atoms with van der Waals surface area (Å²) in [5.74, 6) is -2.24. The quantitative estimate of drug-likeness (QED) is 0.264. The molecule has 1 fully saturated rings. The summed E-state index contributed by atoms with van der Waals surface area (Å²) in [6.07, 6.45) is 3.30. The highest BCUT2D eigenvalue weighted by Gasteiger charge is 2.30. The molecule has 1 aromatic rings. The number of Topliss-reactive ketones (excluding diaryl/α,β-unsaturated/α-hetero) is 1. The van der Waals surface area contributed by atoms with Crippen LogP contribution in [0.3, 0.4) is 0 Å².